The summed E-state index contributed by atoms with van der Waals surface area (Å²) in [6.45, 7) is 6.08. The number of carbonyl (C=O) groups is 1. The molecule has 9 heteroatoms. The Morgan fingerprint density at radius 2 is 2.20 bits per heavy atom. The molecule has 0 unspecified atom stereocenters. The molecule has 1 fully saturated rings. The van der Waals surface area contributed by atoms with Gasteiger partial charge in [-0.15, -0.1) is 0 Å². The number of amides is 1. The molecular formula is C16H25N3O4S2. The number of rotatable bonds is 7. The number of aryl methyl sites for hydroxylation is 1. The minimum Gasteiger partial charge on any atom is -0.338 e. The molecule has 2 rings (SSSR count). The Morgan fingerprint density at radius 3 is 2.76 bits per heavy atom. The van der Waals surface area contributed by atoms with E-state index in [9.17, 15) is 18.0 Å². The number of aromatic nitrogens is 2. The molecule has 1 saturated heterocycles. The van der Waals surface area contributed by atoms with Gasteiger partial charge in [-0.3, -0.25) is 9.59 Å². The fourth-order valence-corrected chi connectivity index (χ4v) is 5.62. The van der Waals surface area contributed by atoms with E-state index in [0.29, 0.717) is 30.2 Å². The zero-order valence-electron chi connectivity index (χ0n) is 14.8. The van der Waals surface area contributed by atoms with Crippen LogP contribution in [0.5, 0.6) is 0 Å². The van der Waals surface area contributed by atoms with E-state index in [2.05, 4.69) is 9.97 Å². The Kier molecular flexibility index (Phi) is 6.67. The van der Waals surface area contributed by atoms with Crippen LogP contribution in [0.25, 0.3) is 0 Å². The minimum atomic E-state index is -3.05. The average Bonchev–Trinajstić information content (AvgIpc) is 2.87. The second kappa shape index (κ2) is 8.35. The third kappa shape index (κ3) is 5.31. The highest BCUT2D eigenvalue weighted by atomic mass is 32.2. The lowest BCUT2D eigenvalue weighted by molar-refractivity contribution is -0.131. The Morgan fingerprint density at radius 1 is 1.48 bits per heavy atom. The van der Waals surface area contributed by atoms with Crippen molar-refractivity contribution >= 4 is 27.5 Å². The number of nitrogens with one attached hydrogen (secondary N) is 1. The molecule has 1 N–H and O–H groups in total. The van der Waals surface area contributed by atoms with Gasteiger partial charge < -0.3 is 9.88 Å². The highest BCUT2D eigenvalue weighted by Crippen LogP contribution is 2.24. The van der Waals surface area contributed by atoms with Gasteiger partial charge in [0.15, 0.2) is 15.0 Å². The summed E-state index contributed by atoms with van der Waals surface area (Å²) in [6.07, 6.45) is 2.08. The number of thioether (sulfide) groups is 1. The van der Waals surface area contributed by atoms with E-state index in [4.69, 9.17) is 0 Å². The first-order valence-electron chi connectivity index (χ1n) is 8.53. The first-order valence-corrected chi connectivity index (χ1v) is 11.2. The smallest absolute Gasteiger partial charge is 0.251 e. The van der Waals surface area contributed by atoms with Crippen LogP contribution < -0.4 is 5.56 Å². The van der Waals surface area contributed by atoms with Gasteiger partial charge in [-0.1, -0.05) is 25.1 Å². The number of sulfone groups is 1. The maximum atomic E-state index is 12.8. The van der Waals surface area contributed by atoms with E-state index in [1.165, 1.54) is 17.8 Å². The molecule has 0 aliphatic carbocycles. The second-order valence-corrected chi connectivity index (χ2v) is 9.79. The number of hydrogen-bond acceptors (Lipinski definition) is 6. The standard InChI is InChI=1S/C16H25N3O4S2/c1-4-6-12-9-14(20)18-16(17-12)24-11(3)15(21)19(5-2)13-7-8-25(22,23)10-13/h9,11,13H,4-8,10H2,1-3H3,(H,17,18,20)/t11-,13+/m0/s1. The summed E-state index contributed by atoms with van der Waals surface area (Å²) < 4.78 is 23.4. The van der Waals surface area contributed by atoms with Crippen molar-refractivity contribution in [2.45, 2.75) is 56.5 Å². The molecule has 1 aromatic rings. The molecule has 2 heterocycles. The van der Waals surface area contributed by atoms with E-state index in [0.717, 1.165) is 6.42 Å². The van der Waals surface area contributed by atoms with Gasteiger partial charge >= 0.3 is 0 Å². The van der Waals surface area contributed by atoms with Crippen LogP contribution in [0.3, 0.4) is 0 Å². The van der Waals surface area contributed by atoms with Crippen molar-refractivity contribution in [2.24, 2.45) is 0 Å². The average molecular weight is 388 g/mol. The van der Waals surface area contributed by atoms with Crippen LogP contribution in [-0.4, -0.2) is 58.5 Å². The fourth-order valence-electron chi connectivity index (χ4n) is 2.99. The van der Waals surface area contributed by atoms with E-state index < -0.39 is 15.1 Å². The third-order valence-corrected chi connectivity index (χ3v) is 6.91. The largest absolute Gasteiger partial charge is 0.338 e. The van der Waals surface area contributed by atoms with Gasteiger partial charge in [-0.2, -0.15) is 0 Å². The molecule has 1 aliphatic heterocycles. The molecule has 0 spiro atoms. The number of hydrogen-bond donors (Lipinski definition) is 1. The van der Waals surface area contributed by atoms with Crippen LogP contribution in [0.2, 0.25) is 0 Å². The minimum absolute atomic E-state index is 0.0328. The van der Waals surface area contributed by atoms with E-state index in [1.54, 1.807) is 11.8 Å². The first-order chi connectivity index (χ1) is 11.8. The summed E-state index contributed by atoms with van der Waals surface area (Å²) in [7, 11) is -3.05. The highest BCUT2D eigenvalue weighted by Gasteiger charge is 2.35. The first kappa shape index (κ1) is 20.0. The van der Waals surface area contributed by atoms with Crippen molar-refractivity contribution in [1.29, 1.82) is 0 Å². The number of aromatic amines is 1. The van der Waals surface area contributed by atoms with Gasteiger partial charge in [0.25, 0.3) is 5.56 Å². The molecule has 140 valence electrons. The summed E-state index contributed by atoms with van der Waals surface area (Å²) in [4.78, 5) is 33.2. The lowest BCUT2D eigenvalue weighted by atomic mass is 10.2. The predicted molar refractivity (Wildman–Crippen MR) is 98.6 cm³/mol. The lowest BCUT2D eigenvalue weighted by Crippen LogP contribution is -2.44. The number of nitrogens with zero attached hydrogens (tertiary/aromatic N) is 2. The summed E-state index contributed by atoms with van der Waals surface area (Å²) in [5.41, 5.74) is 0.484. The topological polar surface area (TPSA) is 100 Å². The summed E-state index contributed by atoms with van der Waals surface area (Å²) in [5, 5.41) is -0.0322. The van der Waals surface area contributed by atoms with Gasteiger partial charge in [0, 0.05) is 24.3 Å². The molecule has 1 aromatic heterocycles. The van der Waals surface area contributed by atoms with E-state index in [1.807, 2.05) is 13.8 Å². The monoisotopic (exact) mass is 387 g/mol. The van der Waals surface area contributed by atoms with Gasteiger partial charge in [-0.05, 0) is 26.7 Å². The molecule has 0 bridgehead atoms. The highest BCUT2D eigenvalue weighted by molar-refractivity contribution is 8.00. The SMILES string of the molecule is CCCc1cc(=O)[nH]c(S[C@@H](C)C(=O)N(CC)[C@@H]2CCS(=O)(=O)C2)n1. The molecule has 7 nitrogen and oxygen atoms in total. The van der Waals surface area contributed by atoms with Gasteiger partial charge in [-0.25, -0.2) is 13.4 Å². The van der Waals surface area contributed by atoms with Gasteiger partial charge in [0.05, 0.1) is 16.8 Å². The third-order valence-electron chi connectivity index (χ3n) is 4.19. The van der Waals surface area contributed by atoms with Crippen molar-refractivity contribution in [2.75, 3.05) is 18.1 Å². The Balaban J connectivity index is 2.10. The number of H-pyrrole nitrogens is 1. The van der Waals surface area contributed by atoms with Crippen molar-refractivity contribution in [1.82, 2.24) is 14.9 Å². The Bertz CT molecular complexity index is 776. The lowest BCUT2D eigenvalue weighted by Gasteiger charge is -2.29. The van der Waals surface area contributed by atoms with Crippen molar-refractivity contribution in [3.8, 4) is 0 Å². The molecule has 1 amide bonds. The molecular weight excluding hydrogens is 362 g/mol. The normalized spacial score (nSPS) is 20.4. The van der Waals surface area contributed by atoms with Crippen LogP contribution in [0.1, 0.15) is 39.3 Å². The maximum Gasteiger partial charge on any atom is 0.251 e. The summed E-state index contributed by atoms with van der Waals surface area (Å²) in [5.74, 6) is 0.0419. The zero-order valence-corrected chi connectivity index (χ0v) is 16.5. The molecule has 0 aromatic carbocycles. The van der Waals surface area contributed by atoms with Crippen molar-refractivity contribution in [3.63, 3.8) is 0 Å². The molecule has 25 heavy (non-hydrogen) atoms. The van der Waals surface area contributed by atoms with Crippen LogP contribution in [-0.2, 0) is 21.1 Å². The van der Waals surface area contributed by atoms with Gasteiger partial charge in [0.1, 0.15) is 0 Å². The second-order valence-electron chi connectivity index (χ2n) is 6.23. The van der Waals surface area contributed by atoms with Crippen LogP contribution in [0, 0.1) is 0 Å². The fraction of sp³-hybridized carbons (Fsp3) is 0.688. The number of carbonyl (C=O) groups excluding carboxylic acids is 1. The van der Waals surface area contributed by atoms with Crippen molar-refractivity contribution in [3.05, 3.63) is 22.1 Å². The van der Waals surface area contributed by atoms with Crippen LogP contribution in [0.4, 0.5) is 0 Å². The maximum absolute atomic E-state index is 12.8. The predicted octanol–water partition coefficient (Wildman–Crippen LogP) is 1.24. The molecule has 0 radical (unpaired) electrons. The van der Waals surface area contributed by atoms with Crippen LogP contribution in [0.15, 0.2) is 16.0 Å². The van der Waals surface area contributed by atoms with Gasteiger partial charge in [0.2, 0.25) is 5.91 Å². The Labute approximate surface area is 152 Å². The molecule has 1 aliphatic rings. The van der Waals surface area contributed by atoms with E-state index >= 15 is 0 Å². The van der Waals surface area contributed by atoms with E-state index in [-0.39, 0.29) is 29.0 Å². The summed E-state index contributed by atoms with van der Waals surface area (Å²) >= 11 is 1.20. The quantitative estimate of drug-likeness (QED) is 0.558. The zero-order chi connectivity index (χ0) is 18.6. The molecule has 2 atom stereocenters. The van der Waals surface area contributed by atoms with Crippen LogP contribution >= 0.6 is 11.8 Å². The summed E-state index contributed by atoms with van der Waals surface area (Å²) in [6, 6.07) is 1.21. The molecule has 0 saturated carbocycles. The Hall–Kier alpha value is -1.35. The van der Waals surface area contributed by atoms with Crippen molar-refractivity contribution < 1.29 is 13.2 Å².